The lowest BCUT2D eigenvalue weighted by Gasteiger charge is -2.22. The molecule has 1 aromatic heterocycles. The van der Waals surface area contributed by atoms with Crippen LogP contribution in [0.25, 0.3) is 0 Å². The largest absolute Gasteiger partial charge is 0.399 e. The quantitative estimate of drug-likeness (QED) is 0.871. The van der Waals surface area contributed by atoms with E-state index in [1.807, 2.05) is 36.1 Å². The third kappa shape index (κ3) is 3.35. The van der Waals surface area contributed by atoms with Crippen LogP contribution in [0.1, 0.15) is 12.5 Å². The zero-order valence-electron chi connectivity index (χ0n) is 10.6. The molecule has 5 heteroatoms. The molecule has 0 saturated carbocycles. The Morgan fingerprint density at radius 3 is 2.58 bits per heavy atom. The maximum Gasteiger partial charge on any atom is 0.167 e. The van der Waals surface area contributed by atoms with E-state index in [2.05, 4.69) is 4.98 Å². The second-order valence-corrected chi connectivity index (χ2v) is 4.65. The van der Waals surface area contributed by atoms with Crippen LogP contribution in [0.5, 0.6) is 0 Å². The third-order valence-corrected chi connectivity index (χ3v) is 3.03. The average Bonchev–Trinajstić information content (AvgIpc) is 2.39. The molecule has 2 N–H and O–H groups in total. The summed E-state index contributed by atoms with van der Waals surface area (Å²) in [5, 5.41) is 0.296. The first-order chi connectivity index (χ1) is 9.10. The van der Waals surface area contributed by atoms with Gasteiger partial charge in [0.2, 0.25) is 0 Å². The molecule has 0 aliphatic carbocycles. The molecule has 0 spiro atoms. The van der Waals surface area contributed by atoms with Crippen LogP contribution in [0.2, 0.25) is 5.02 Å². The summed E-state index contributed by atoms with van der Waals surface area (Å²) in [5.74, 6) is -0.103. The van der Waals surface area contributed by atoms with Gasteiger partial charge in [-0.2, -0.15) is 0 Å². The van der Waals surface area contributed by atoms with Gasteiger partial charge in [0.1, 0.15) is 0 Å². The molecule has 19 heavy (non-hydrogen) atoms. The van der Waals surface area contributed by atoms with E-state index in [-0.39, 0.29) is 0 Å². The number of halogens is 2. The van der Waals surface area contributed by atoms with Crippen LogP contribution in [0, 0.1) is 5.82 Å². The van der Waals surface area contributed by atoms with Gasteiger partial charge < -0.3 is 10.6 Å². The van der Waals surface area contributed by atoms with E-state index in [1.165, 1.54) is 12.3 Å². The van der Waals surface area contributed by atoms with Crippen LogP contribution in [-0.4, -0.2) is 11.5 Å². The van der Waals surface area contributed by atoms with Gasteiger partial charge in [-0.3, -0.25) is 0 Å². The Bertz CT molecular complexity index is 557. The number of anilines is 2. The van der Waals surface area contributed by atoms with Crippen molar-refractivity contribution in [1.29, 1.82) is 0 Å². The zero-order chi connectivity index (χ0) is 13.8. The van der Waals surface area contributed by atoms with Crippen LogP contribution in [0.15, 0.2) is 36.5 Å². The highest BCUT2D eigenvalue weighted by Crippen LogP contribution is 2.21. The molecule has 2 aromatic rings. The first-order valence-electron chi connectivity index (χ1n) is 6.00. The molecule has 1 aromatic carbocycles. The van der Waals surface area contributed by atoms with Gasteiger partial charge in [-0.15, -0.1) is 0 Å². The molecular formula is C14H15ClFN3. The van der Waals surface area contributed by atoms with E-state index < -0.39 is 5.82 Å². The monoisotopic (exact) mass is 279 g/mol. The minimum Gasteiger partial charge on any atom is -0.399 e. The highest BCUT2D eigenvalue weighted by Gasteiger charge is 2.12. The van der Waals surface area contributed by atoms with Gasteiger partial charge in [0.25, 0.3) is 0 Å². The smallest absolute Gasteiger partial charge is 0.167 e. The Morgan fingerprint density at radius 2 is 2.00 bits per heavy atom. The molecule has 0 fully saturated rings. The highest BCUT2D eigenvalue weighted by molar-refractivity contribution is 6.30. The van der Waals surface area contributed by atoms with Gasteiger partial charge in [-0.05, 0) is 30.7 Å². The lowest BCUT2D eigenvalue weighted by Crippen LogP contribution is -2.24. The van der Waals surface area contributed by atoms with Crippen molar-refractivity contribution in [1.82, 2.24) is 4.98 Å². The molecule has 2 rings (SSSR count). The molecule has 0 bridgehead atoms. The molecule has 1 heterocycles. The zero-order valence-corrected chi connectivity index (χ0v) is 11.4. The van der Waals surface area contributed by atoms with Crippen LogP contribution >= 0.6 is 11.6 Å². The van der Waals surface area contributed by atoms with E-state index in [4.69, 9.17) is 17.3 Å². The summed E-state index contributed by atoms with van der Waals surface area (Å²) in [4.78, 5) is 5.90. The van der Waals surface area contributed by atoms with Crippen molar-refractivity contribution in [2.45, 2.75) is 13.5 Å². The van der Waals surface area contributed by atoms with Crippen molar-refractivity contribution >= 4 is 23.1 Å². The maximum absolute atomic E-state index is 13.8. The van der Waals surface area contributed by atoms with E-state index >= 15 is 0 Å². The van der Waals surface area contributed by atoms with Gasteiger partial charge >= 0.3 is 0 Å². The molecule has 100 valence electrons. The Balaban J connectivity index is 2.22. The standard InChI is InChI=1S/C14H15ClFN3/c1-2-19(9-10-3-5-12(17)6-4-10)14-13(16)7-11(15)8-18-14/h3-8H,2,9,17H2,1H3. The van der Waals surface area contributed by atoms with E-state index in [0.717, 1.165) is 5.56 Å². The number of pyridine rings is 1. The number of nitrogen functional groups attached to an aromatic ring is 1. The summed E-state index contributed by atoms with van der Waals surface area (Å²) in [5.41, 5.74) is 7.40. The summed E-state index contributed by atoms with van der Waals surface area (Å²) in [6.07, 6.45) is 1.45. The van der Waals surface area contributed by atoms with E-state index in [1.54, 1.807) is 0 Å². The Kier molecular flexibility index (Phi) is 4.22. The van der Waals surface area contributed by atoms with Gasteiger partial charge in [0.05, 0.1) is 5.02 Å². The van der Waals surface area contributed by atoms with Crippen LogP contribution in [0.4, 0.5) is 15.9 Å². The second kappa shape index (κ2) is 5.89. The number of aromatic nitrogens is 1. The molecule has 0 aliphatic heterocycles. The SMILES string of the molecule is CCN(Cc1ccc(N)cc1)c1ncc(Cl)cc1F. The van der Waals surface area contributed by atoms with Gasteiger partial charge in [-0.1, -0.05) is 23.7 Å². The molecule has 0 amide bonds. The molecule has 0 unspecified atom stereocenters. The third-order valence-electron chi connectivity index (χ3n) is 2.82. The van der Waals surface area contributed by atoms with Gasteiger partial charge in [-0.25, -0.2) is 9.37 Å². The first kappa shape index (κ1) is 13.6. The summed E-state index contributed by atoms with van der Waals surface area (Å²) in [7, 11) is 0. The number of nitrogens with two attached hydrogens (primary N) is 1. The van der Waals surface area contributed by atoms with E-state index in [0.29, 0.717) is 29.6 Å². The fourth-order valence-corrected chi connectivity index (χ4v) is 1.96. The normalized spacial score (nSPS) is 10.5. The predicted molar refractivity (Wildman–Crippen MR) is 76.8 cm³/mol. The van der Waals surface area contributed by atoms with Crippen molar-refractivity contribution in [3.63, 3.8) is 0 Å². The summed E-state index contributed by atoms with van der Waals surface area (Å²) < 4.78 is 13.8. The van der Waals surface area contributed by atoms with Gasteiger partial charge in [0, 0.05) is 25.0 Å². The molecule has 0 saturated heterocycles. The number of benzene rings is 1. The molecule has 0 atom stereocenters. The number of rotatable bonds is 4. The fraction of sp³-hybridized carbons (Fsp3) is 0.214. The van der Waals surface area contributed by atoms with Crippen LogP contribution in [0.3, 0.4) is 0 Å². The minimum absolute atomic E-state index is 0.296. The van der Waals surface area contributed by atoms with Crippen molar-refractivity contribution in [2.75, 3.05) is 17.2 Å². The minimum atomic E-state index is -0.412. The number of hydrogen-bond donors (Lipinski definition) is 1. The molecule has 3 nitrogen and oxygen atoms in total. The van der Waals surface area contributed by atoms with Crippen LogP contribution in [-0.2, 0) is 6.54 Å². The number of nitrogens with zero attached hydrogens (tertiary/aromatic N) is 2. The van der Waals surface area contributed by atoms with Gasteiger partial charge in [0.15, 0.2) is 11.6 Å². The maximum atomic E-state index is 13.8. The average molecular weight is 280 g/mol. The van der Waals surface area contributed by atoms with Crippen molar-refractivity contribution in [2.24, 2.45) is 0 Å². The molecular weight excluding hydrogens is 265 g/mol. The second-order valence-electron chi connectivity index (χ2n) is 4.21. The van der Waals surface area contributed by atoms with Crippen molar-refractivity contribution in [3.05, 3.63) is 52.9 Å². The van der Waals surface area contributed by atoms with Crippen molar-refractivity contribution < 1.29 is 4.39 Å². The first-order valence-corrected chi connectivity index (χ1v) is 6.38. The molecule has 0 aliphatic rings. The fourth-order valence-electron chi connectivity index (χ4n) is 1.82. The summed E-state index contributed by atoms with van der Waals surface area (Å²) in [6, 6.07) is 8.77. The van der Waals surface area contributed by atoms with Crippen molar-refractivity contribution in [3.8, 4) is 0 Å². The Labute approximate surface area is 116 Å². The summed E-state index contributed by atoms with van der Waals surface area (Å²) in [6.45, 7) is 3.17. The number of hydrogen-bond acceptors (Lipinski definition) is 3. The summed E-state index contributed by atoms with van der Waals surface area (Å²) >= 11 is 5.71. The lowest BCUT2D eigenvalue weighted by atomic mass is 10.2. The van der Waals surface area contributed by atoms with E-state index in [9.17, 15) is 4.39 Å². The highest BCUT2D eigenvalue weighted by atomic mass is 35.5. The Hall–Kier alpha value is -1.81. The van der Waals surface area contributed by atoms with Crippen LogP contribution < -0.4 is 10.6 Å². The Morgan fingerprint density at radius 1 is 1.32 bits per heavy atom. The predicted octanol–water partition coefficient (Wildman–Crippen LogP) is 3.48. The molecule has 0 radical (unpaired) electrons. The topological polar surface area (TPSA) is 42.1 Å². The lowest BCUT2D eigenvalue weighted by molar-refractivity contribution is 0.609.